The number of aryl methyl sites for hydroxylation is 1. The molecule has 0 amide bonds. The van der Waals surface area contributed by atoms with E-state index in [0.29, 0.717) is 17.7 Å². The number of nitrogens with zero attached hydrogens (tertiary/aromatic N) is 1. The number of aliphatic hydroxyl groups excluding tert-OH is 2. The second-order valence-electron chi connectivity index (χ2n) is 8.54. The first-order valence-corrected chi connectivity index (χ1v) is 11.0. The van der Waals surface area contributed by atoms with Gasteiger partial charge in [-0.1, -0.05) is 47.6 Å². The van der Waals surface area contributed by atoms with Gasteiger partial charge in [0.1, 0.15) is 11.6 Å². The summed E-state index contributed by atoms with van der Waals surface area (Å²) in [6, 6.07) is 16.5. The summed E-state index contributed by atoms with van der Waals surface area (Å²) in [4.78, 5) is 17.9. The molecule has 0 radical (unpaired) electrons. The van der Waals surface area contributed by atoms with E-state index in [9.17, 15) is 23.8 Å². The van der Waals surface area contributed by atoms with Crippen LogP contribution in [0.3, 0.4) is 0 Å². The number of oxime groups is 1. The van der Waals surface area contributed by atoms with E-state index in [4.69, 9.17) is 4.84 Å². The van der Waals surface area contributed by atoms with Crippen molar-refractivity contribution in [3.05, 3.63) is 94.6 Å². The molecule has 7 heteroatoms. The molecule has 4 rings (SSSR count). The SMILES string of the molecule is Cc1ccc(C2=NOC(CO)(CCO)C2)cc1-c1ccc(CC(=O)c2c(F)cccc2F)cc1. The number of rotatable bonds is 8. The first-order valence-electron chi connectivity index (χ1n) is 11.0. The smallest absolute Gasteiger partial charge is 0.173 e. The molecule has 1 heterocycles. The Labute approximate surface area is 196 Å². The Morgan fingerprint density at radius 2 is 1.71 bits per heavy atom. The van der Waals surface area contributed by atoms with Crippen LogP contribution in [0.4, 0.5) is 8.78 Å². The zero-order chi connectivity index (χ0) is 24.3. The van der Waals surface area contributed by atoms with Gasteiger partial charge in [-0.3, -0.25) is 4.79 Å². The van der Waals surface area contributed by atoms with Gasteiger partial charge in [0.05, 0.1) is 17.9 Å². The minimum absolute atomic E-state index is 0.110. The third-order valence-corrected chi connectivity index (χ3v) is 6.14. The number of ketones is 1. The van der Waals surface area contributed by atoms with Gasteiger partial charge in [-0.2, -0.15) is 0 Å². The second-order valence-corrected chi connectivity index (χ2v) is 8.54. The Kier molecular flexibility index (Phi) is 6.86. The van der Waals surface area contributed by atoms with Gasteiger partial charge in [-0.15, -0.1) is 0 Å². The van der Waals surface area contributed by atoms with E-state index in [1.165, 1.54) is 6.07 Å². The highest BCUT2D eigenvalue weighted by molar-refractivity contribution is 6.02. The second kappa shape index (κ2) is 9.83. The summed E-state index contributed by atoms with van der Waals surface area (Å²) >= 11 is 0. The molecule has 0 saturated carbocycles. The van der Waals surface area contributed by atoms with Gasteiger partial charge in [0.2, 0.25) is 0 Å². The maximum atomic E-state index is 13.9. The predicted octanol–water partition coefficient (Wildman–Crippen LogP) is 4.60. The molecule has 1 aliphatic heterocycles. The summed E-state index contributed by atoms with van der Waals surface area (Å²) in [7, 11) is 0. The molecule has 1 unspecified atom stereocenters. The van der Waals surface area contributed by atoms with E-state index in [-0.39, 0.29) is 26.1 Å². The molecule has 1 atom stereocenters. The van der Waals surface area contributed by atoms with Crippen LogP contribution in [0.15, 0.2) is 65.8 Å². The van der Waals surface area contributed by atoms with Crippen LogP contribution in [0.1, 0.15) is 39.9 Å². The fourth-order valence-corrected chi connectivity index (χ4v) is 4.13. The third-order valence-electron chi connectivity index (χ3n) is 6.14. The summed E-state index contributed by atoms with van der Waals surface area (Å²) < 4.78 is 27.8. The van der Waals surface area contributed by atoms with Crippen LogP contribution in [-0.4, -0.2) is 40.5 Å². The number of benzene rings is 3. The first-order chi connectivity index (χ1) is 16.4. The molecule has 5 nitrogen and oxygen atoms in total. The standard InChI is InChI=1S/C27H25F2NO4/c1-17-5-8-20(24-15-27(16-32,11-12-31)34-30-24)14-21(17)19-9-6-18(7-10-19)13-25(33)26-22(28)3-2-4-23(26)29/h2-10,14,31-32H,11-13,15-16H2,1H3. The minimum atomic E-state index is -0.902. The Balaban J connectivity index is 1.54. The van der Waals surface area contributed by atoms with Crippen LogP contribution in [0, 0.1) is 18.6 Å². The number of aliphatic hydroxyl groups is 2. The van der Waals surface area contributed by atoms with Crippen molar-refractivity contribution >= 4 is 11.5 Å². The summed E-state index contributed by atoms with van der Waals surface area (Å²) in [5.41, 5.74) is 3.68. The lowest BCUT2D eigenvalue weighted by Gasteiger charge is -2.22. The molecular formula is C27H25F2NO4. The normalized spacial score (nSPS) is 17.4. The van der Waals surface area contributed by atoms with Gasteiger partial charge in [-0.05, 0) is 47.4 Å². The molecule has 2 N–H and O–H groups in total. The average Bonchev–Trinajstić information content (AvgIpc) is 3.25. The molecule has 0 saturated heterocycles. The molecule has 1 aliphatic rings. The Hall–Kier alpha value is -3.42. The van der Waals surface area contributed by atoms with Crippen molar-refractivity contribution in [2.24, 2.45) is 5.16 Å². The van der Waals surface area contributed by atoms with Gasteiger partial charge in [-0.25, -0.2) is 8.78 Å². The summed E-state index contributed by atoms with van der Waals surface area (Å²) in [5, 5.41) is 23.1. The van der Waals surface area contributed by atoms with Crippen molar-refractivity contribution < 1.29 is 28.6 Å². The topological polar surface area (TPSA) is 79.1 Å². The van der Waals surface area contributed by atoms with Crippen molar-refractivity contribution in [3.8, 4) is 11.1 Å². The largest absolute Gasteiger partial charge is 0.396 e. The number of carbonyl (C=O) groups is 1. The zero-order valence-corrected chi connectivity index (χ0v) is 18.7. The quantitative estimate of drug-likeness (QED) is 0.477. The van der Waals surface area contributed by atoms with E-state index in [2.05, 4.69) is 5.16 Å². The van der Waals surface area contributed by atoms with Crippen LogP contribution >= 0.6 is 0 Å². The Bertz CT molecular complexity index is 1220. The van der Waals surface area contributed by atoms with Crippen LogP contribution in [0.5, 0.6) is 0 Å². The molecule has 176 valence electrons. The van der Waals surface area contributed by atoms with Crippen LogP contribution in [-0.2, 0) is 11.3 Å². The van der Waals surface area contributed by atoms with Crippen LogP contribution in [0.2, 0.25) is 0 Å². The molecule has 34 heavy (non-hydrogen) atoms. The molecule has 0 aromatic heterocycles. The summed E-state index contributed by atoms with van der Waals surface area (Å²) in [5.74, 6) is -2.34. The molecule has 3 aromatic rings. The zero-order valence-electron chi connectivity index (χ0n) is 18.7. The highest BCUT2D eigenvalue weighted by Crippen LogP contribution is 2.32. The van der Waals surface area contributed by atoms with E-state index < -0.39 is 28.6 Å². The number of Topliss-reactive ketones (excluding diaryl/α,β-unsaturated/α-hetero) is 1. The van der Waals surface area contributed by atoms with Gasteiger partial charge >= 0.3 is 0 Å². The highest BCUT2D eigenvalue weighted by atomic mass is 19.1. The van der Waals surface area contributed by atoms with Crippen molar-refractivity contribution in [1.29, 1.82) is 0 Å². The van der Waals surface area contributed by atoms with E-state index in [1.54, 1.807) is 12.1 Å². The predicted molar refractivity (Wildman–Crippen MR) is 125 cm³/mol. The molecule has 0 aliphatic carbocycles. The van der Waals surface area contributed by atoms with E-state index in [0.717, 1.165) is 34.4 Å². The van der Waals surface area contributed by atoms with Crippen molar-refractivity contribution in [3.63, 3.8) is 0 Å². The monoisotopic (exact) mass is 465 g/mol. The van der Waals surface area contributed by atoms with Crippen molar-refractivity contribution in [2.45, 2.75) is 31.8 Å². The lowest BCUT2D eigenvalue weighted by molar-refractivity contribution is -0.0697. The van der Waals surface area contributed by atoms with Crippen molar-refractivity contribution in [1.82, 2.24) is 0 Å². The fraction of sp³-hybridized carbons (Fsp3) is 0.259. The molecular weight excluding hydrogens is 440 g/mol. The number of hydrogen-bond acceptors (Lipinski definition) is 5. The van der Waals surface area contributed by atoms with E-state index in [1.807, 2.05) is 37.3 Å². The van der Waals surface area contributed by atoms with Gasteiger partial charge in [0.15, 0.2) is 11.4 Å². The van der Waals surface area contributed by atoms with Crippen molar-refractivity contribution in [2.75, 3.05) is 13.2 Å². The lowest BCUT2D eigenvalue weighted by atomic mass is 9.90. The third kappa shape index (κ3) is 4.76. The van der Waals surface area contributed by atoms with Gasteiger partial charge < -0.3 is 15.1 Å². The molecule has 0 bridgehead atoms. The first kappa shape index (κ1) is 23.7. The lowest BCUT2D eigenvalue weighted by Crippen LogP contribution is -2.34. The minimum Gasteiger partial charge on any atom is -0.396 e. The van der Waals surface area contributed by atoms with Crippen LogP contribution in [0.25, 0.3) is 11.1 Å². The number of halogens is 2. The van der Waals surface area contributed by atoms with Gasteiger partial charge in [0, 0.05) is 31.4 Å². The Morgan fingerprint density at radius 3 is 2.35 bits per heavy atom. The average molecular weight is 465 g/mol. The summed E-state index contributed by atoms with van der Waals surface area (Å²) in [6.45, 7) is 1.63. The maximum Gasteiger partial charge on any atom is 0.173 e. The Morgan fingerprint density at radius 1 is 1.03 bits per heavy atom. The molecule has 0 spiro atoms. The van der Waals surface area contributed by atoms with Crippen LogP contribution < -0.4 is 0 Å². The number of carbonyl (C=O) groups excluding carboxylic acids is 1. The van der Waals surface area contributed by atoms with E-state index >= 15 is 0 Å². The van der Waals surface area contributed by atoms with Gasteiger partial charge in [0.25, 0.3) is 0 Å². The summed E-state index contributed by atoms with van der Waals surface area (Å²) in [6.07, 6.45) is 0.561. The molecule has 0 fully saturated rings. The highest BCUT2D eigenvalue weighted by Gasteiger charge is 2.38. The maximum absolute atomic E-state index is 13.9. The molecule has 3 aromatic carbocycles. The fourth-order valence-electron chi connectivity index (χ4n) is 4.13. The number of hydrogen-bond donors (Lipinski definition) is 2.